The van der Waals surface area contributed by atoms with E-state index in [1.54, 1.807) is 42.5 Å². The first-order valence-electron chi connectivity index (χ1n) is 8.62. The van der Waals surface area contributed by atoms with Crippen molar-refractivity contribution in [1.29, 1.82) is 0 Å². The average Bonchev–Trinajstić information content (AvgIpc) is 2.62. The van der Waals surface area contributed by atoms with E-state index in [4.69, 9.17) is 9.47 Å². The minimum atomic E-state index is -0.237. The number of nitrogens with one attached hydrogen (secondary N) is 2. The maximum absolute atomic E-state index is 12.4. The van der Waals surface area contributed by atoms with E-state index < -0.39 is 0 Å². The minimum Gasteiger partial charge on any atom is -0.486 e. The van der Waals surface area contributed by atoms with Gasteiger partial charge in [0, 0.05) is 23.4 Å². The van der Waals surface area contributed by atoms with Gasteiger partial charge in [0.25, 0.3) is 5.91 Å². The molecule has 0 bridgehead atoms. The van der Waals surface area contributed by atoms with Crippen molar-refractivity contribution < 1.29 is 19.1 Å². The second-order valence-corrected chi connectivity index (χ2v) is 6.54. The summed E-state index contributed by atoms with van der Waals surface area (Å²) in [6.45, 7) is 4.98. The fraction of sp³-hybridized carbons (Fsp3) is 0.300. The van der Waals surface area contributed by atoms with Crippen molar-refractivity contribution in [2.75, 3.05) is 23.8 Å². The molecular weight excluding hydrogens is 332 g/mol. The van der Waals surface area contributed by atoms with Crippen molar-refractivity contribution in [3.05, 3.63) is 48.0 Å². The number of hydrogen-bond donors (Lipinski definition) is 2. The lowest BCUT2D eigenvalue weighted by Gasteiger charge is -2.18. The number of rotatable bonds is 5. The summed E-state index contributed by atoms with van der Waals surface area (Å²) < 4.78 is 11.0. The molecule has 6 nitrogen and oxygen atoms in total. The molecule has 3 rings (SSSR count). The van der Waals surface area contributed by atoms with E-state index in [1.807, 2.05) is 13.8 Å². The van der Waals surface area contributed by atoms with Crippen molar-refractivity contribution in [2.45, 2.75) is 20.3 Å². The van der Waals surface area contributed by atoms with Crippen LogP contribution >= 0.6 is 0 Å². The summed E-state index contributed by atoms with van der Waals surface area (Å²) in [6.07, 6.45) is 0.475. The van der Waals surface area contributed by atoms with E-state index in [2.05, 4.69) is 10.6 Å². The molecule has 0 saturated carbocycles. The second kappa shape index (κ2) is 7.91. The Bertz CT molecular complexity index is 800. The Morgan fingerprint density at radius 2 is 1.54 bits per heavy atom. The van der Waals surface area contributed by atoms with E-state index in [-0.39, 0.29) is 11.8 Å². The molecule has 0 saturated heterocycles. The Morgan fingerprint density at radius 3 is 2.19 bits per heavy atom. The van der Waals surface area contributed by atoms with Gasteiger partial charge in [-0.3, -0.25) is 9.59 Å². The van der Waals surface area contributed by atoms with Crippen LogP contribution in [0.3, 0.4) is 0 Å². The lowest BCUT2D eigenvalue weighted by Crippen LogP contribution is -2.17. The Kier molecular flexibility index (Phi) is 5.41. The molecule has 0 radical (unpaired) electrons. The third kappa shape index (κ3) is 4.53. The summed E-state index contributed by atoms with van der Waals surface area (Å²) in [6, 6.07) is 12.1. The summed E-state index contributed by atoms with van der Waals surface area (Å²) in [7, 11) is 0. The van der Waals surface area contributed by atoms with E-state index in [0.29, 0.717) is 54.0 Å². The molecule has 0 spiro atoms. The maximum atomic E-state index is 12.4. The Morgan fingerprint density at radius 1 is 0.923 bits per heavy atom. The lowest BCUT2D eigenvalue weighted by atomic mass is 10.1. The van der Waals surface area contributed by atoms with Gasteiger partial charge in [0.1, 0.15) is 13.2 Å². The van der Waals surface area contributed by atoms with Crippen LogP contribution < -0.4 is 20.1 Å². The highest BCUT2D eigenvalue weighted by Gasteiger charge is 2.15. The first-order valence-corrected chi connectivity index (χ1v) is 8.62. The summed E-state index contributed by atoms with van der Waals surface area (Å²) in [5, 5.41) is 5.67. The zero-order valence-corrected chi connectivity index (χ0v) is 14.9. The monoisotopic (exact) mass is 354 g/mol. The van der Waals surface area contributed by atoms with Crippen molar-refractivity contribution in [2.24, 2.45) is 5.92 Å². The number of carbonyl (C=O) groups excluding carboxylic acids is 2. The number of amides is 2. The first-order chi connectivity index (χ1) is 12.5. The van der Waals surface area contributed by atoms with Crippen molar-refractivity contribution in [3.63, 3.8) is 0 Å². The highest BCUT2D eigenvalue weighted by atomic mass is 16.6. The van der Waals surface area contributed by atoms with Crippen molar-refractivity contribution >= 4 is 23.2 Å². The standard InChI is InChI=1S/C20H22N2O4/c1-13(2)11-19(23)21-15-4-6-16(7-5-15)22-20(24)14-3-8-17-18(12-14)26-10-9-25-17/h3-8,12-13H,9-11H2,1-2H3,(H,21,23)(H,22,24). The van der Waals surface area contributed by atoms with Gasteiger partial charge in [-0.15, -0.1) is 0 Å². The molecule has 2 aromatic carbocycles. The van der Waals surface area contributed by atoms with Crippen LogP contribution in [0.15, 0.2) is 42.5 Å². The number of anilines is 2. The second-order valence-electron chi connectivity index (χ2n) is 6.54. The minimum absolute atomic E-state index is 0.0203. The largest absolute Gasteiger partial charge is 0.486 e. The topological polar surface area (TPSA) is 76.7 Å². The summed E-state index contributed by atoms with van der Waals surface area (Å²) in [5.74, 6) is 1.27. The average molecular weight is 354 g/mol. The number of fused-ring (bicyclic) bond motifs is 1. The van der Waals surface area contributed by atoms with Gasteiger partial charge in [-0.25, -0.2) is 0 Å². The van der Waals surface area contributed by atoms with Crippen molar-refractivity contribution in [1.82, 2.24) is 0 Å². The van der Waals surface area contributed by atoms with Gasteiger partial charge in [-0.1, -0.05) is 13.8 Å². The predicted molar refractivity (Wildman–Crippen MR) is 99.9 cm³/mol. The van der Waals surface area contributed by atoms with Gasteiger partial charge in [0.05, 0.1) is 0 Å². The van der Waals surface area contributed by atoms with Crippen LogP contribution in [-0.4, -0.2) is 25.0 Å². The molecule has 0 unspecified atom stereocenters. The first kappa shape index (κ1) is 17.8. The van der Waals surface area contributed by atoms with Gasteiger partial charge in [0.15, 0.2) is 11.5 Å². The zero-order chi connectivity index (χ0) is 18.5. The molecule has 0 aromatic heterocycles. The predicted octanol–water partition coefficient (Wildman–Crippen LogP) is 3.69. The Balaban J connectivity index is 1.62. The lowest BCUT2D eigenvalue weighted by molar-refractivity contribution is -0.116. The molecule has 0 fully saturated rings. The molecule has 2 aromatic rings. The Labute approximate surface area is 152 Å². The van der Waals surface area contributed by atoms with Gasteiger partial charge in [0.2, 0.25) is 5.91 Å². The van der Waals surface area contributed by atoms with E-state index >= 15 is 0 Å². The van der Waals surface area contributed by atoms with Gasteiger partial charge < -0.3 is 20.1 Å². The van der Waals surface area contributed by atoms with E-state index in [9.17, 15) is 9.59 Å². The molecule has 2 N–H and O–H groups in total. The van der Waals surface area contributed by atoms with E-state index in [0.717, 1.165) is 0 Å². The SMILES string of the molecule is CC(C)CC(=O)Nc1ccc(NC(=O)c2ccc3c(c2)OCCO3)cc1. The van der Waals surface area contributed by atoms with Crippen LogP contribution in [0.5, 0.6) is 11.5 Å². The number of hydrogen-bond acceptors (Lipinski definition) is 4. The summed E-state index contributed by atoms with van der Waals surface area (Å²) in [4.78, 5) is 24.2. The molecule has 1 aliphatic rings. The van der Waals surface area contributed by atoms with Crippen LogP contribution in [-0.2, 0) is 4.79 Å². The van der Waals surface area contributed by atoms with Crippen molar-refractivity contribution in [3.8, 4) is 11.5 Å². The molecule has 1 aliphatic heterocycles. The smallest absolute Gasteiger partial charge is 0.255 e. The molecular formula is C20H22N2O4. The fourth-order valence-electron chi connectivity index (χ4n) is 2.61. The highest BCUT2D eigenvalue weighted by molar-refractivity contribution is 6.04. The number of ether oxygens (including phenoxy) is 2. The summed E-state index contributed by atoms with van der Waals surface area (Å²) >= 11 is 0. The summed E-state index contributed by atoms with van der Waals surface area (Å²) in [5.41, 5.74) is 1.84. The Hall–Kier alpha value is -3.02. The van der Waals surface area contributed by atoms with Gasteiger partial charge in [-0.2, -0.15) is 0 Å². The molecule has 26 heavy (non-hydrogen) atoms. The van der Waals surface area contributed by atoms with Crippen LogP contribution in [0.2, 0.25) is 0 Å². The molecule has 1 heterocycles. The highest BCUT2D eigenvalue weighted by Crippen LogP contribution is 2.31. The molecule has 6 heteroatoms. The van der Waals surface area contributed by atoms with Gasteiger partial charge >= 0.3 is 0 Å². The van der Waals surface area contributed by atoms with Crippen LogP contribution in [0.25, 0.3) is 0 Å². The number of carbonyl (C=O) groups is 2. The third-order valence-electron chi connectivity index (χ3n) is 3.82. The number of benzene rings is 2. The molecule has 2 amide bonds. The fourth-order valence-corrected chi connectivity index (χ4v) is 2.61. The van der Waals surface area contributed by atoms with Gasteiger partial charge in [-0.05, 0) is 48.4 Å². The van der Waals surface area contributed by atoms with Crippen LogP contribution in [0, 0.1) is 5.92 Å². The van der Waals surface area contributed by atoms with E-state index in [1.165, 1.54) is 0 Å². The molecule has 0 atom stereocenters. The quantitative estimate of drug-likeness (QED) is 0.858. The maximum Gasteiger partial charge on any atom is 0.255 e. The molecule has 0 aliphatic carbocycles. The zero-order valence-electron chi connectivity index (χ0n) is 14.9. The van der Waals surface area contributed by atoms with Crippen LogP contribution in [0.4, 0.5) is 11.4 Å². The van der Waals surface area contributed by atoms with Crippen LogP contribution in [0.1, 0.15) is 30.6 Å². The third-order valence-corrected chi connectivity index (χ3v) is 3.82. The molecule has 136 valence electrons. The normalized spacial score (nSPS) is 12.6.